The summed E-state index contributed by atoms with van der Waals surface area (Å²) in [4.78, 5) is 16.3. The lowest BCUT2D eigenvalue weighted by molar-refractivity contribution is -0.121. The maximum atomic E-state index is 13.3. The Morgan fingerprint density at radius 1 is 1.31 bits per heavy atom. The molecule has 5 nitrogen and oxygen atoms in total. The minimum atomic E-state index is -0.359. The number of amides is 1. The number of nitrogens with one attached hydrogen (secondary N) is 3. The van der Waals surface area contributed by atoms with Gasteiger partial charge in [0.15, 0.2) is 5.96 Å². The number of aliphatic imine (C=N–C) groups is 1. The van der Waals surface area contributed by atoms with Crippen LogP contribution in [0.5, 0.6) is 0 Å². The zero-order valence-electron chi connectivity index (χ0n) is 16.2. The molecule has 3 N–H and O–H groups in total. The Morgan fingerprint density at radius 2 is 2.00 bits per heavy atom. The molecule has 1 amide bonds. The van der Waals surface area contributed by atoms with Crippen LogP contribution in [0.3, 0.4) is 0 Å². The Hall–Kier alpha value is -1.82. The second-order valence-electron chi connectivity index (χ2n) is 7.10. The lowest BCUT2D eigenvalue weighted by Gasteiger charge is -2.25. The summed E-state index contributed by atoms with van der Waals surface area (Å²) in [5, 5.41) is 9.57. The van der Waals surface area contributed by atoms with Crippen LogP contribution in [0.1, 0.15) is 46.6 Å². The molecular formula is C19H30ClFN4O. The van der Waals surface area contributed by atoms with E-state index in [1.807, 2.05) is 34.6 Å². The van der Waals surface area contributed by atoms with E-state index >= 15 is 0 Å². The Balaban J connectivity index is 2.70. The third-order valence-corrected chi connectivity index (χ3v) is 4.04. The van der Waals surface area contributed by atoms with Crippen LogP contribution in [0.2, 0.25) is 5.02 Å². The molecule has 0 heterocycles. The van der Waals surface area contributed by atoms with Crippen molar-refractivity contribution in [3.8, 4) is 0 Å². The summed E-state index contributed by atoms with van der Waals surface area (Å²) in [6, 6.07) is 4.55. The largest absolute Gasteiger partial charge is 0.357 e. The van der Waals surface area contributed by atoms with Crippen molar-refractivity contribution in [2.45, 2.75) is 52.5 Å². The minimum Gasteiger partial charge on any atom is -0.357 e. The first-order valence-corrected chi connectivity index (χ1v) is 9.30. The number of benzene rings is 1. The molecule has 26 heavy (non-hydrogen) atoms. The first-order valence-electron chi connectivity index (χ1n) is 8.92. The first-order chi connectivity index (χ1) is 12.2. The van der Waals surface area contributed by atoms with Gasteiger partial charge in [0.1, 0.15) is 5.82 Å². The molecule has 0 aliphatic heterocycles. The SMILES string of the molecule is CCNC(=NCC(C)(C)c1ccc(F)cc1Cl)NCCC(=O)NC(C)C. The van der Waals surface area contributed by atoms with Gasteiger partial charge in [-0.05, 0) is 38.5 Å². The van der Waals surface area contributed by atoms with E-state index in [1.165, 1.54) is 12.1 Å². The van der Waals surface area contributed by atoms with E-state index in [0.717, 1.165) is 5.56 Å². The van der Waals surface area contributed by atoms with Crippen LogP contribution >= 0.6 is 11.6 Å². The molecular weight excluding hydrogens is 355 g/mol. The number of rotatable bonds is 8. The van der Waals surface area contributed by atoms with Gasteiger partial charge in [0.05, 0.1) is 6.54 Å². The van der Waals surface area contributed by atoms with Crippen molar-refractivity contribution >= 4 is 23.5 Å². The third kappa shape index (κ3) is 7.60. The van der Waals surface area contributed by atoms with Gasteiger partial charge in [-0.1, -0.05) is 31.5 Å². The van der Waals surface area contributed by atoms with Crippen LogP contribution < -0.4 is 16.0 Å². The maximum Gasteiger partial charge on any atom is 0.221 e. The predicted molar refractivity (Wildman–Crippen MR) is 106 cm³/mol. The summed E-state index contributed by atoms with van der Waals surface area (Å²) in [6.45, 7) is 11.5. The first kappa shape index (κ1) is 22.2. The summed E-state index contributed by atoms with van der Waals surface area (Å²) in [5.74, 6) is 0.283. The quantitative estimate of drug-likeness (QED) is 0.476. The Bertz CT molecular complexity index is 632. The third-order valence-electron chi connectivity index (χ3n) is 3.73. The van der Waals surface area contributed by atoms with Crippen molar-refractivity contribution < 1.29 is 9.18 Å². The number of carbonyl (C=O) groups excluding carboxylic acids is 1. The molecule has 0 atom stereocenters. The highest BCUT2D eigenvalue weighted by Gasteiger charge is 2.23. The van der Waals surface area contributed by atoms with E-state index in [9.17, 15) is 9.18 Å². The van der Waals surface area contributed by atoms with E-state index in [4.69, 9.17) is 11.6 Å². The van der Waals surface area contributed by atoms with Gasteiger partial charge in [-0.2, -0.15) is 0 Å². The fourth-order valence-electron chi connectivity index (χ4n) is 2.43. The zero-order valence-corrected chi connectivity index (χ0v) is 17.0. The van der Waals surface area contributed by atoms with Crippen molar-refractivity contribution in [3.63, 3.8) is 0 Å². The summed E-state index contributed by atoms with van der Waals surface area (Å²) in [6.07, 6.45) is 0.371. The van der Waals surface area contributed by atoms with Gasteiger partial charge in [-0.3, -0.25) is 9.79 Å². The Morgan fingerprint density at radius 3 is 2.58 bits per heavy atom. The second-order valence-corrected chi connectivity index (χ2v) is 7.51. The van der Waals surface area contributed by atoms with Gasteiger partial charge >= 0.3 is 0 Å². The standard InChI is InChI=1S/C19H30ClFN4O/c1-6-22-18(23-10-9-17(26)25-13(2)3)24-12-19(4,5)15-8-7-14(21)11-16(15)20/h7-8,11,13H,6,9-10,12H2,1-5H3,(H,25,26)(H2,22,23,24). The lowest BCUT2D eigenvalue weighted by Crippen LogP contribution is -2.40. The molecule has 0 unspecified atom stereocenters. The molecule has 0 fully saturated rings. The molecule has 7 heteroatoms. The lowest BCUT2D eigenvalue weighted by atomic mass is 9.84. The van der Waals surface area contributed by atoms with E-state index < -0.39 is 0 Å². The highest BCUT2D eigenvalue weighted by atomic mass is 35.5. The average Bonchev–Trinajstić information content (AvgIpc) is 2.51. The Kier molecular flexibility index (Phi) is 8.85. The van der Waals surface area contributed by atoms with Crippen molar-refractivity contribution in [2.24, 2.45) is 4.99 Å². The number of hydrogen-bond acceptors (Lipinski definition) is 2. The van der Waals surface area contributed by atoms with Crippen molar-refractivity contribution in [1.82, 2.24) is 16.0 Å². The molecule has 0 radical (unpaired) electrons. The Labute approximate surface area is 160 Å². The van der Waals surface area contributed by atoms with E-state index in [2.05, 4.69) is 20.9 Å². The van der Waals surface area contributed by atoms with Gasteiger partial charge in [-0.25, -0.2) is 4.39 Å². The zero-order chi connectivity index (χ0) is 19.7. The molecule has 1 rings (SSSR count). The molecule has 0 saturated heterocycles. The molecule has 0 aromatic heterocycles. The van der Waals surface area contributed by atoms with Crippen molar-refractivity contribution in [3.05, 3.63) is 34.6 Å². The molecule has 0 saturated carbocycles. The molecule has 0 bridgehead atoms. The summed E-state index contributed by atoms with van der Waals surface area (Å²) < 4.78 is 13.3. The summed E-state index contributed by atoms with van der Waals surface area (Å²) >= 11 is 6.19. The van der Waals surface area contributed by atoms with Crippen LogP contribution in [0.25, 0.3) is 0 Å². The van der Waals surface area contributed by atoms with Gasteiger partial charge in [0.2, 0.25) is 5.91 Å². The highest BCUT2D eigenvalue weighted by molar-refractivity contribution is 6.31. The van der Waals surface area contributed by atoms with Gasteiger partial charge in [0, 0.05) is 36.0 Å². The highest BCUT2D eigenvalue weighted by Crippen LogP contribution is 2.30. The van der Waals surface area contributed by atoms with Crippen LogP contribution in [-0.4, -0.2) is 37.5 Å². The fourth-order valence-corrected chi connectivity index (χ4v) is 2.85. The van der Waals surface area contributed by atoms with E-state index in [1.54, 1.807) is 6.07 Å². The molecule has 0 spiro atoms. The molecule has 1 aromatic rings. The monoisotopic (exact) mass is 384 g/mol. The normalized spacial score (nSPS) is 12.2. The average molecular weight is 385 g/mol. The van der Waals surface area contributed by atoms with Crippen LogP contribution in [0.4, 0.5) is 4.39 Å². The van der Waals surface area contributed by atoms with Crippen molar-refractivity contribution in [1.29, 1.82) is 0 Å². The van der Waals surface area contributed by atoms with Crippen LogP contribution in [-0.2, 0) is 10.2 Å². The van der Waals surface area contributed by atoms with Crippen LogP contribution in [0.15, 0.2) is 23.2 Å². The van der Waals surface area contributed by atoms with Gasteiger partial charge in [-0.15, -0.1) is 0 Å². The molecule has 146 valence electrons. The molecule has 0 aliphatic carbocycles. The topological polar surface area (TPSA) is 65.5 Å². The van der Waals surface area contributed by atoms with E-state index in [-0.39, 0.29) is 23.2 Å². The fraction of sp³-hybridized carbons (Fsp3) is 0.579. The number of nitrogens with zero attached hydrogens (tertiary/aromatic N) is 1. The maximum absolute atomic E-state index is 13.3. The molecule has 1 aromatic carbocycles. The molecule has 0 aliphatic rings. The smallest absolute Gasteiger partial charge is 0.221 e. The summed E-state index contributed by atoms with van der Waals surface area (Å²) in [5.41, 5.74) is 0.485. The number of hydrogen-bond donors (Lipinski definition) is 3. The second kappa shape index (κ2) is 10.4. The summed E-state index contributed by atoms with van der Waals surface area (Å²) in [7, 11) is 0. The minimum absolute atomic E-state index is 0.00164. The van der Waals surface area contributed by atoms with Gasteiger partial charge in [0.25, 0.3) is 0 Å². The van der Waals surface area contributed by atoms with Crippen LogP contribution in [0, 0.1) is 5.82 Å². The number of halogens is 2. The number of guanidine groups is 1. The van der Waals surface area contributed by atoms with Gasteiger partial charge < -0.3 is 16.0 Å². The van der Waals surface area contributed by atoms with Crippen molar-refractivity contribution in [2.75, 3.05) is 19.6 Å². The van der Waals surface area contributed by atoms with E-state index in [0.29, 0.717) is 37.0 Å². The number of carbonyl (C=O) groups is 1. The predicted octanol–water partition coefficient (Wildman–Crippen LogP) is 3.23.